The highest BCUT2D eigenvalue weighted by molar-refractivity contribution is 6.26. The summed E-state index contributed by atoms with van der Waals surface area (Å²) in [6.45, 7) is 5.35. The standard InChI is InChI=1S/C24H37ClO11/c1-5-9-17(27)33-21-15(12-8-13-16(26)31-4)32-24(36-20(30)14-25)23(35-19(29)11-7-3)22(21)34-18(28)10-6-2/h15,21-24H,5-14H2,1-4H3/t15-,21-,22+,23-,24?/m1/s1. The highest BCUT2D eigenvalue weighted by Crippen LogP contribution is 2.32. The smallest absolute Gasteiger partial charge is 0.323 e. The first kappa shape index (κ1) is 31.6. The third-order valence-electron chi connectivity index (χ3n) is 5.21. The van der Waals surface area contributed by atoms with Crippen LogP contribution in [0.4, 0.5) is 0 Å². The van der Waals surface area contributed by atoms with Gasteiger partial charge in [-0.05, 0) is 32.1 Å². The molecule has 12 heteroatoms. The summed E-state index contributed by atoms with van der Waals surface area (Å²) in [7, 11) is 1.26. The maximum atomic E-state index is 12.5. The molecule has 1 aliphatic rings. The van der Waals surface area contributed by atoms with Gasteiger partial charge in [-0.25, -0.2) is 0 Å². The van der Waals surface area contributed by atoms with E-state index in [2.05, 4.69) is 4.74 Å². The Hall–Kier alpha value is -2.40. The van der Waals surface area contributed by atoms with Gasteiger partial charge in [-0.15, -0.1) is 11.6 Å². The van der Waals surface area contributed by atoms with Gasteiger partial charge >= 0.3 is 29.8 Å². The molecule has 36 heavy (non-hydrogen) atoms. The van der Waals surface area contributed by atoms with E-state index in [1.54, 1.807) is 20.8 Å². The third kappa shape index (κ3) is 10.7. The van der Waals surface area contributed by atoms with Crippen molar-refractivity contribution in [3.63, 3.8) is 0 Å². The predicted octanol–water partition coefficient (Wildman–Crippen LogP) is 2.97. The molecule has 0 saturated carbocycles. The molecule has 11 nitrogen and oxygen atoms in total. The van der Waals surface area contributed by atoms with E-state index in [-0.39, 0.29) is 38.5 Å². The second-order valence-electron chi connectivity index (χ2n) is 8.25. The first-order chi connectivity index (χ1) is 17.2. The molecular weight excluding hydrogens is 500 g/mol. The monoisotopic (exact) mass is 536 g/mol. The average molecular weight is 537 g/mol. The molecule has 0 aromatic rings. The van der Waals surface area contributed by atoms with Crippen LogP contribution in [0.3, 0.4) is 0 Å². The molecule has 0 aromatic heterocycles. The Bertz CT molecular complexity index is 742. The number of methoxy groups -OCH3 is 1. The molecule has 1 rings (SSSR count). The molecule has 0 bridgehead atoms. The van der Waals surface area contributed by atoms with Crippen molar-refractivity contribution in [3.8, 4) is 0 Å². The lowest BCUT2D eigenvalue weighted by molar-refractivity contribution is -0.297. The van der Waals surface area contributed by atoms with Crippen LogP contribution in [0.15, 0.2) is 0 Å². The summed E-state index contributed by atoms with van der Waals surface area (Å²) in [6.07, 6.45) is -4.23. The van der Waals surface area contributed by atoms with Crippen molar-refractivity contribution >= 4 is 41.4 Å². The lowest BCUT2D eigenvalue weighted by Crippen LogP contribution is -2.62. The van der Waals surface area contributed by atoms with Crippen molar-refractivity contribution in [1.29, 1.82) is 0 Å². The second kappa shape index (κ2) is 17.1. The molecular formula is C24H37ClO11. The van der Waals surface area contributed by atoms with Crippen LogP contribution in [0.5, 0.6) is 0 Å². The minimum absolute atomic E-state index is 0.0468. The quantitative estimate of drug-likeness (QED) is 0.173. The number of hydrogen-bond donors (Lipinski definition) is 0. The predicted molar refractivity (Wildman–Crippen MR) is 126 cm³/mol. The van der Waals surface area contributed by atoms with Crippen LogP contribution in [0.1, 0.15) is 78.6 Å². The molecule has 206 valence electrons. The van der Waals surface area contributed by atoms with Crippen LogP contribution in [-0.2, 0) is 52.4 Å². The number of carbonyl (C=O) groups is 5. The highest BCUT2D eigenvalue weighted by Gasteiger charge is 2.53. The molecule has 0 amide bonds. The number of alkyl halides is 1. The topological polar surface area (TPSA) is 141 Å². The Morgan fingerprint density at radius 1 is 0.667 bits per heavy atom. The first-order valence-corrected chi connectivity index (χ1v) is 12.8. The minimum Gasteiger partial charge on any atom is -0.469 e. The van der Waals surface area contributed by atoms with Gasteiger partial charge < -0.3 is 28.4 Å². The van der Waals surface area contributed by atoms with Crippen molar-refractivity contribution in [2.24, 2.45) is 0 Å². The van der Waals surface area contributed by atoms with Gasteiger partial charge in [0, 0.05) is 25.7 Å². The van der Waals surface area contributed by atoms with E-state index in [1.165, 1.54) is 7.11 Å². The molecule has 0 aliphatic carbocycles. The molecule has 1 saturated heterocycles. The number of esters is 5. The minimum atomic E-state index is -1.49. The Balaban J connectivity index is 3.41. The van der Waals surface area contributed by atoms with Crippen molar-refractivity contribution in [2.75, 3.05) is 13.0 Å². The number of rotatable bonds is 15. The Labute approximate surface area is 216 Å². The lowest BCUT2D eigenvalue weighted by atomic mass is 9.94. The van der Waals surface area contributed by atoms with E-state index >= 15 is 0 Å². The molecule has 1 fully saturated rings. The largest absolute Gasteiger partial charge is 0.469 e. The first-order valence-electron chi connectivity index (χ1n) is 12.3. The zero-order valence-electron chi connectivity index (χ0n) is 21.3. The van der Waals surface area contributed by atoms with Crippen molar-refractivity contribution < 1.29 is 52.4 Å². The Morgan fingerprint density at radius 2 is 1.17 bits per heavy atom. The summed E-state index contributed by atoms with van der Waals surface area (Å²) in [5.74, 6) is -3.64. The summed E-state index contributed by atoms with van der Waals surface area (Å²) in [5, 5.41) is 0. The van der Waals surface area contributed by atoms with E-state index in [1.807, 2.05) is 0 Å². The molecule has 0 aromatic carbocycles. The van der Waals surface area contributed by atoms with E-state index in [0.29, 0.717) is 19.3 Å². The Kier molecular flexibility index (Phi) is 15.0. The third-order valence-corrected chi connectivity index (χ3v) is 5.43. The van der Waals surface area contributed by atoms with Crippen LogP contribution in [0.2, 0.25) is 0 Å². The number of hydrogen-bond acceptors (Lipinski definition) is 11. The highest BCUT2D eigenvalue weighted by atomic mass is 35.5. The van der Waals surface area contributed by atoms with Crippen molar-refractivity contribution in [3.05, 3.63) is 0 Å². The molecule has 5 atom stereocenters. The number of halogens is 1. The van der Waals surface area contributed by atoms with Gasteiger partial charge in [0.2, 0.25) is 12.4 Å². The van der Waals surface area contributed by atoms with Gasteiger partial charge in [-0.3, -0.25) is 24.0 Å². The normalized spacial score (nSPS) is 23.3. The lowest BCUT2D eigenvalue weighted by Gasteiger charge is -2.44. The fourth-order valence-electron chi connectivity index (χ4n) is 3.56. The second-order valence-corrected chi connectivity index (χ2v) is 8.52. The molecule has 0 spiro atoms. The van der Waals surface area contributed by atoms with Gasteiger partial charge in [-0.2, -0.15) is 0 Å². The summed E-state index contributed by atoms with van der Waals surface area (Å²) in [6, 6.07) is 0. The van der Waals surface area contributed by atoms with Gasteiger partial charge in [0.25, 0.3) is 0 Å². The molecule has 0 radical (unpaired) electrons. The summed E-state index contributed by atoms with van der Waals surface area (Å²) in [4.78, 5) is 61.1. The van der Waals surface area contributed by atoms with E-state index in [9.17, 15) is 24.0 Å². The zero-order chi connectivity index (χ0) is 27.1. The number of ether oxygens (including phenoxy) is 6. The SMILES string of the molecule is CCCC(=O)O[C@H]1[C@H](OC(=O)CCC)[C@@H](OC(=O)CCC)C(OC(=O)CCl)O[C@@H]1CCCC(=O)OC. The van der Waals surface area contributed by atoms with E-state index in [0.717, 1.165) is 0 Å². The van der Waals surface area contributed by atoms with Crippen molar-refractivity contribution in [2.45, 2.75) is 109 Å². The van der Waals surface area contributed by atoms with Crippen LogP contribution in [0, 0.1) is 0 Å². The number of carbonyl (C=O) groups excluding carboxylic acids is 5. The fourth-order valence-corrected chi connectivity index (χ4v) is 3.63. The van der Waals surface area contributed by atoms with Crippen LogP contribution in [-0.4, -0.2) is 73.5 Å². The Morgan fingerprint density at radius 3 is 1.64 bits per heavy atom. The molecule has 1 unspecified atom stereocenters. The maximum Gasteiger partial charge on any atom is 0.323 e. The van der Waals surface area contributed by atoms with Crippen LogP contribution < -0.4 is 0 Å². The van der Waals surface area contributed by atoms with Crippen LogP contribution in [0.25, 0.3) is 0 Å². The summed E-state index contributed by atoms with van der Waals surface area (Å²) in [5.41, 5.74) is 0. The van der Waals surface area contributed by atoms with E-state index < -0.39 is 66.4 Å². The van der Waals surface area contributed by atoms with Crippen molar-refractivity contribution in [1.82, 2.24) is 0 Å². The summed E-state index contributed by atoms with van der Waals surface area (Å²) < 4.78 is 32.7. The summed E-state index contributed by atoms with van der Waals surface area (Å²) >= 11 is 5.60. The van der Waals surface area contributed by atoms with Gasteiger partial charge in [0.05, 0.1) is 7.11 Å². The molecule has 1 heterocycles. The molecule has 1 aliphatic heterocycles. The zero-order valence-corrected chi connectivity index (χ0v) is 22.1. The van der Waals surface area contributed by atoms with Gasteiger partial charge in [0.15, 0.2) is 12.2 Å². The van der Waals surface area contributed by atoms with Crippen LogP contribution >= 0.6 is 11.6 Å². The molecule has 0 N–H and O–H groups in total. The maximum absolute atomic E-state index is 12.5. The fraction of sp³-hybridized carbons (Fsp3) is 0.792. The average Bonchev–Trinajstić information content (AvgIpc) is 2.83. The van der Waals surface area contributed by atoms with Gasteiger partial charge in [-0.1, -0.05) is 20.8 Å². The van der Waals surface area contributed by atoms with E-state index in [4.69, 9.17) is 35.3 Å². The van der Waals surface area contributed by atoms with Gasteiger partial charge in [0.1, 0.15) is 12.0 Å².